The Hall–Kier alpha value is -1.84. The van der Waals surface area contributed by atoms with Crippen molar-refractivity contribution in [3.63, 3.8) is 0 Å². The van der Waals surface area contributed by atoms with E-state index in [4.69, 9.17) is 9.84 Å². The highest BCUT2D eigenvalue weighted by Crippen LogP contribution is 2.25. The summed E-state index contributed by atoms with van der Waals surface area (Å²) >= 11 is 0. The van der Waals surface area contributed by atoms with Crippen LogP contribution < -0.4 is 4.74 Å². The van der Waals surface area contributed by atoms with Crippen LogP contribution in [0.15, 0.2) is 12.1 Å². The first-order chi connectivity index (χ1) is 8.45. The van der Waals surface area contributed by atoms with E-state index in [1.54, 1.807) is 19.1 Å². The van der Waals surface area contributed by atoms with Gasteiger partial charge in [-0.3, -0.25) is 4.79 Å². The largest absolute Gasteiger partial charge is 0.478 e. The third-order valence-corrected chi connectivity index (χ3v) is 2.69. The number of hydrogen-bond donors (Lipinski definition) is 1. The van der Waals surface area contributed by atoms with Crippen LogP contribution in [0, 0.1) is 6.92 Å². The molecule has 0 aliphatic carbocycles. The molecule has 0 bridgehead atoms. The number of esters is 1. The number of carbonyl (C=O) groups is 2. The molecule has 1 N–H and O–H groups in total. The maximum absolute atomic E-state index is 11.1. The van der Waals surface area contributed by atoms with Crippen molar-refractivity contribution in [1.29, 1.82) is 0 Å². The maximum Gasteiger partial charge on any atom is 0.335 e. The number of carboxylic acids is 1. The minimum Gasteiger partial charge on any atom is -0.478 e. The SMILES string of the molecule is CCCCc1cc(C(=O)O)c(C)cc1OC(C)=O. The van der Waals surface area contributed by atoms with Crippen LogP contribution in [-0.4, -0.2) is 17.0 Å². The van der Waals surface area contributed by atoms with Crippen LogP contribution in [0.2, 0.25) is 0 Å². The highest BCUT2D eigenvalue weighted by Gasteiger charge is 2.14. The van der Waals surface area contributed by atoms with Gasteiger partial charge in [-0.2, -0.15) is 0 Å². The van der Waals surface area contributed by atoms with Crippen LogP contribution >= 0.6 is 0 Å². The topological polar surface area (TPSA) is 63.6 Å². The third-order valence-electron chi connectivity index (χ3n) is 2.69. The van der Waals surface area contributed by atoms with Gasteiger partial charge in [0.25, 0.3) is 0 Å². The summed E-state index contributed by atoms with van der Waals surface area (Å²) in [6.45, 7) is 5.09. The van der Waals surface area contributed by atoms with E-state index in [1.807, 2.05) is 0 Å². The molecule has 18 heavy (non-hydrogen) atoms. The molecule has 0 radical (unpaired) electrons. The number of hydrogen-bond acceptors (Lipinski definition) is 3. The minimum atomic E-state index is -0.959. The van der Waals surface area contributed by atoms with Gasteiger partial charge in [0.2, 0.25) is 0 Å². The molecule has 98 valence electrons. The Labute approximate surface area is 107 Å². The molecule has 0 aliphatic heterocycles. The van der Waals surface area contributed by atoms with Crippen molar-refractivity contribution in [2.24, 2.45) is 0 Å². The van der Waals surface area contributed by atoms with Gasteiger partial charge in [-0.25, -0.2) is 4.79 Å². The second-order valence-corrected chi connectivity index (χ2v) is 4.28. The van der Waals surface area contributed by atoms with Crippen LogP contribution in [0.5, 0.6) is 5.75 Å². The predicted octanol–water partition coefficient (Wildman–Crippen LogP) is 2.96. The first-order valence-corrected chi connectivity index (χ1v) is 6.01. The number of unbranched alkanes of at least 4 members (excludes halogenated alkanes) is 1. The molecule has 0 heterocycles. The Balaban J connectivity index is 3.18. The van der Waals surface area contributed by atoms with E-state index in [1.165, 1.54) is 6.92 Å². The van der Waals surface area contributed by atoms with Gasteiger partial charge in [-0.1, -0.05) is 13.3 Å². The summed E-state index contributed by atoms with van der Waals surface area (Å²) in [6.07, 6.45) is 2.63. The molecule has 4 heteroatoms. The molecule has 0 spiro atoms. The standard InChI is InChI=1S/C14H18O4/c1-4-5-6-11-8-12(14(16)17)9(2)7-13(11)18-10(3)15/h7-8H,4-6H2,1-3H3,(H,16,17). The first kappa shape index (κ1) is 14.2. The Morgan fingerprint density at radius 3 is 2.50 bits per heavy atom. The first-order valence-electron chi connectivity index (χ1n) is 6.01. The van der Waals surface area contributed by atoms with Gasteiger partial charge < -0.3 is 9.84 Å². The zero-order valence-electron chi connectivity index (χ0n) is 10.9. The fourth-order valence-corrected chi connectivity index (χ4v) is 1.77. The summed E-state index contributed by atoms with van der Waals surface area (Å²) in [7, 11) is 0. The average Bonchev–Trinajstić information content (AvgIpc) is 2.26. The molecule has 0 aliphatic rings. The quantitative estimate of drug-likeness (QED) is 0.644. The second kappa shape index (κ2) is 6.19. The smallest absolute Gasteiger partial charge is 0.335 e. The lowest BCUT2D eigenvalue weighted by molar-refractivity contribution is -0.131. The van der Waals surface area contributed by atoms with Gasteiger partial charge in [0.15, 0.2) is 0 Å². The summed E-state index contributed by atoms with van der Waals surface area (Å²) < 4.78 is 5.13. The minimum absolute atomic E-state index is 0.261. The van der Waals surface area contributed by atoms with Crippen molar-refractivity contribution < 1.29 is 19.4 Å². The van der Waals surface area contributed by atoms with Crippen LogP contribution in [-0.2, 0) is 11.2 Å². The molecule has 0 saturated heterocycles. The zero-order valence-corrected chi connectivity index (χ0v) is 10.9. The van der Waals surface area contributed by atoms with Crippen LogP contribution in [0.1, 0.15) is 48.2 Å². The van der Waals surface area contributed by atoms with Gasteiger partial charge >= 0.3 is 11.9 Å². The second-order valence-electron chi connectivity index (χ2n) is 4.28. The number of ether oxygens (including phenoxy) is 1. The summed E-state index contributed by atoms with van der Waals surface area (Å²) in [4.78, 5) is 22.1. The van der Waals surface area contributed by atoms with Crippen LogP contribution in [0.4, 0.5) is 0 Å². The summed E-state index contributed by atoms with van der Waals surface area (Å²) in [5, 5.41) is 9.08. The van der Waals surface area contributed by atoms with E-state index in [0.29, 0.717) is 17.7 Å². The van der Waals surface area contributed by atoms with E-state index >= 15 is 0 Å². The van der Waals surface area contributed by atoms with Crippen molar-refractivity contribution in [2.75, 3.05) is 0 Å². The lowest BCUT2D eigenvalue weighted by atomic mass is 10.00. The van der Waals surface area contributed by atoms with Crippen molar-refractivity contribution in [3.8, 4) is 5.75 Å². The van der Waals surface area contributed by atoms with Crippen molar-refractivity contribution in [2.45, 2.75) is 40.0 Å². The van der Waals surface area contributed by atoms with E-state index in [2.05, 4.69) is 6.92 Å². The van der Waals surface area contributed by atoms with Gasteiger partial charge in [-0.05, 0) is 43.0 Å². The fourth-order valence-electron chi connectivity index (χ4n) is 1.77. The molecule has 0 amide bonds. The molecule has 1 aromatic carbocycles. The lowest BCUT2D eigenvalue weighted by Crippen LogP contribution is -2.07. The number of rotatable bonds is 5. The molecule has 0 atom stereocenters. The highest BCUT2D eigenvalue weighted by atomic mass is 16.5. The lowest BCUT2D eigenvalue weighted by Gasteiger charge is -2.12. The Morgan fingerprint density at radius 1 is 1.33 bits per heavy atom. The van der Waals surface area contributed by atoms with Crippen molar-refractivity contribution >= 4 is 11.9 Å². The van der Waals surface area contributed by atoms with Gasteiger partial charge in [0, 0.05) is 6.92 Å². The predicted molar refractivity (Wildman–Crippen MR) is 68.1 cm³/mol. The van der Waals surface area contributed by atoms with Gasteiger partial charge in [0.05, 0.1) is 5.56 Å². The van der Waals surface area contributed by atoms with Gasteiger partial charge in [-0.15, -0.1) is 0 Å². The number of aromatic carboxylic acids is 1. The number of carbonyl (C=O) groups excluding carboxylic acids is 1. The van der Waals surface area contributed by atoms with E-state index in [-0.39, 0.29) is 5.56 Å². The molecule has 0 aromatic heterocycles. The van der Waals surface area contributed by atoms with Crippen LogP contribution in [0.3, 0.4) is 0 Å². The third kappa shape index (κ3) is 3.58. The molecule has 0 unspecified atom stereocenters. The normalized spacial score (nSPS) is 10.2. The Kier molecular flexibility index (Phi) is 4.89. The Bertz CT molecular complexity index is 463. The molecular formula is C14H18O4. The number of aryl methyl sites for hydroxylation is 2. The van der Waals surface area contributed by atoms with E-state index < -0.39 is 11.9 Å². The zero-order chi connectivity index (χ0) is 13.7. The molecule has 1 aromatic rings. The molecule has 0 saturated carbocycles. The summed E-state index contributed by atoms with van der Waals surface area (Å²) in [5.74, 6) is -0.881. The van der Waals surface area contributed by atoms with Crippen molar-refractivity contribution in [1.82, 2.24) is 0 Å². The molecule has 1 rings (SSSR count). The highest BCUT2D eigenvalue weighted by molar-refractivity contribution is 5.90. The molecule has 0 fully saturated rings. The Morgan fingerprint density at radius 2 is 2.00 bits per heavy atom. The summed E-state index contributed by atoms with van der Waals surface area (Å²) in [5.41, 5.74) is 1.63. The van der Waals surface area contributed by atoms with Crippen molar-refractivity contribution in [3.05, 3.63) is 28.8 Å². The number of carboxylic acid groups (broad SMARTS) is 1. The summed E-state index contributed by atoms with van der Waals surface area (Å²) in [6, 6.07) is 3.22. The average molecular weight is 250 g/mol. The maximum atomic E-state index is 11.1. The van der Waals surface area contributed by atoms with E-state index in [0.717, 1.165) is 18.4 Å². The van der Waals surface area contributed by atoms with Crippen LogP contribution in [0.25, 0.3) is 0 Å². The van der Waals surface area contributed by atoms with Gasteiger partial charge in [0.1, 0.15) is 5.75 Å². The molecule has 4 nitrogen and oxygen atoms in total. The number of benzene rings is 1. The molecular weight excluding hydrogens is 232 g/mol. The van der Waals surface area contributed by atoms with E-state index in [9.17, 15) is 9.59 Å². The monoisotopic (exact) mass is 250 g/mol. The fraction of sp³-hybridized carbons (Fsp3) is 0.429.